The minimum absolute atomic E-state index is 0.151. The highest BCUT2D eigenvalue weighted by Crippen LogP contribution is 2.41. The van der Waals surface area contributed by atoms with Crippen molar-refractivity contribution in [3.63, 3.8) is 0 Å². The van der Waals surface area contributed by atoms with Crippen molar-refractivity contribution >= 4 is 35.2 Å². The second-order valence-electron chi connectivity index (χ2n) is 7.99. The molecule has 1 aromatic rings. The molecular weight excluding hydrogens is 366 g/mol. The van der Waals surface area contributed by atoms with Gasteiger partial charge in [0.05, 0.1) is 11.3 Å². The van der Waals surface area contributed by atoms with Crippen LogP contribution in [0.5, 0.6) is 0 Å². The molecule has 3 amide bonds. The number of hydrogen-bond acceptors (Lipinski definition) is 3. The standard InChI is InChI=1S/C23H27N3O3/c1-2-16-8-7-9-18-21(16)17(12-15-25-13-5-3-4-6-14-25)23(29)26(18)19-10-11-20(27)24-22(19)28/h7-9,12,15,19H,2-6,10-11,13-14H2,1H3/p+1. The molecule has 0 aliphatic carbocycles. The van der Waals surface area contributed by atoms with Crippen molar-refractivity contribution in [2.24, 2.45) is 0 Å². The van der Waals surface area contributed by atoms with Crippen molar-refractivity contribution in [2.75, 3.05) is 18.0 Å². The van der Waals surface area contributed by atoms with Gasteiger partial charge in [0.1, 0.15) is 19.1 Å². The number of allylic oxidation sites excluding steroid dienone is 1. The van der Waals surface area contributed by atoms with Crippen molar-refractivity contribution in [1.29, 1.82) is 0 Å². The molecule has 1 atom stereocenters. The largest absolute Gasteiger partial charge is 0.295 e. The molecule has 29 heavy (non-hydrogen) atoms. The molecule has 6 nitrogen and oxygen atoms in total. The molecule has 6 heteroatoms. The fourth-order valence-electron chi connectivity index (χ4n) is 4.56. The van der Waals surface area contributed by atoms with Crippen molar-refractivity contribution < 1.29 is 19.0 Å². The van der Waals surface area contributed by atoms with Gasteiger partial charge in [-0.2, -0.15) is 0 Å². The van der Waals surface area contributed by atoms with Crippen LogP contribution in [0.4, 0.5) is 5.69 Å². The number of aryl methyl sites for hydroxylation is 1. The van der Waals surface area contributed by atoms with E-state index in [-0.39, 0.29) is 24.1 Å². The van der Waals surface area contributed by atoms with E-state index in [4.69, 9.17) is 0 Å². The maximum Gasteiger partial charge on any atom is 0.259 e. The Morgan fingerprint density at radius 1 is 1.14 bits per heavy atom. The smallest absolute Gasteiger partial charge is 0.259 e. The number of carbonyl (C=O) groups is 3. The lowest BCUT2D eigenvalue weighted by atomic mass is 9.98. The van der Waals surface area contributed by atoms with Gasteiger partial charge in [-0.3, -0.25) is 24.6 Å². The van der Waals surface area contributed by atoms with Crippen LogP contribution in [-0.4, -0.2) is 47.6 Å². The number of imide groups is 1. The average molecular weight is 394 g/mol. The quantitative estimate of drug-likeness (QED) is 0.486. The van der Waals surface area contributed by atoms with Gasteiger partial charge in [0.15, 0.2) is 6.21 Å². The minimum Gasteiger partial charge on any atom is -0.295 e. The fraction of sp³-hybridized carbons (Fsp3) is 0.478. The molecule has 2 fully saturated rings. The van der Waals surface area contributed by atoms with Crippen LogP contribution >= 0.6 is 0 Å². The molecule has 3 heterocycles. The molecule has 0 spiro atoms. The van der Waals surface area contributed by atoms with E-state index in [1.807, 2.05) is 30.5 Å². The molecule has 0 radical (unpaired) electrons. The van der Waals surface area contributed by atoms with Crippen LogP contribution < -0.4 is 10.2 Å². The molecule has 2 saturated heterocycles. The van der Waals surface area contributed by atoms with E-state index in [0.29, 0.717) is 12.0 Å². The molecule has 0 saturated carbocycles. The summed E-state index contributed by atoms with van der Waals surface area (Å²) in [5, 5.41) is 2.38. The second-order valence-corrected chi connectivity index (χ2v) is 7.99. The molecule has 4 rings (SSSR count). The maximum absolute atomic E-state index is 13.5. The van der Waals surface area contributed by atoms with E-state index < -0.39 is 6.04 Å². The summed E-state index contributed by atoms with van der Waals surface area (Å²) in [6.07, 6.45) is 10.2. The number of hydrogen-bond donors (Lipinski definition) is 1. The average Bonchev–Trinajstić information content (AvgIpc) is 2.87. The molecular formula is C23H28N3O3+. The van der Waals surface area contributed by atoms with Crippen LogP contribution in [0.2, 0.25) is 0 Å². The third kappa shape index (κ3) is 3.76. The highest BCUT2D eigenvalue weighted by atomic mass is 16.2. The summed E-state index contributed by atoms with van der Waals surface area (Å²) in [7, 11) is 0. The minimum atomic E-state index is -0.643. The van der Waals surface area contributed by atoms with Crippen molar-refractivity contribution in [3.05, 3.63) is 35.4 Å². The predicted octanol–water partition coefficient (Wildman–Crippen LogP) is 2.44. The fourth-order valence-corrected chi connectivity index (χ4v) is 4.56. The zero-order chi connectivity index (χ0) is 20.4. The molecule has 152 valence electrons. The zero-order valence-corrected chi connectivity index (χ0v) is 16.9. The summed E-state index contributed by atoms with van der Waals surface area (Å²) < 4.78 is 2.29. The van der Waals surface area contributed by atoms with Crippen LogP contribution in [0, 0.1) is 0 Å². The predicted molar refractivity (Wildman–Crippen MR) is 112 cm³/mol. The van der Waals surface area contributed by atoms with Crippen molar-refractivity contribution in [2.45, 2.75) is 57.9 Å². The summed E-state index contributed by atoms with van der Waals surface area (Å²) in [6, 6.07) is 5.24. The van der Waals surface area contributed by atoms with Gasteiger partial charge < -0.3 is 0 Å². The van der Waals surface area contributed by atoms with Crippen molar-refractivity contribution in [1.82, 2.24) is 5.32 Å². The third-order valence-corrected chi connectivity index (χ3v) is 6.10. The zero-order valence-electron chi connectivity index (χ0n) is 16.9. The Balaban J connectivity index is 1.75. The lowest BCUT2D eigenvalue weighted by Gasteiger charge is -2.30. The van der Waals surface area contributed by atoms with E-state index in [1.165, 1.54) is 25.7 Å². The summed E-state index contributed by atoms with van der Waals surface area (Å²) in [5.41, 5.74) is 3.45. The molecule has 0 bridgehead atoms. The number of carbonyl (C=O) groups excluding carboxylic acids is 3. The highest BCUT2D eigenvalue weighted by molar-refractivity contribution is 6.35. The number of fused-ring (bicyclic) bond motifs is 1. The Morgan fingerprint density at radius 3 is 2.59 bits per heavy atom. The normalized spacial score (nSPS) is 23.8. The van der Waals surface area contributed by atoms with Gasteiger partial charge in [-0.05, 0) is 37.3 Å². The molecule has 3 aliphatic rings. The van der Waals surface area contributed by atoms with Crippen LogP contribution in [0.25, 0.3) is 5.57 Å². The molecule has 1 unspecified atom stereocenters. The first kappa shape index (κ1) is 19.6. The van der Waals surface area contributed by atoms with Gasteiger partial charge in [0.2, 0.25) is 11.8 Å². The molecule has 0 aromatic heterocycles. The van der Waals surface area contributed by atoms with E-state index in [1.54, 1.807) is 4.90 Å². The Kier molecular flexibility index (Phi) is 5.60. The SMILES string of the molecule is CCc1cccc2c1/C(=C\C=[N+]1CCCCCC1)C(=O)N2C1CCC(=O)NC1=O. The molecule has 3 aliphatic heterocycles. The summed E-state index contributed by atoms with van der Waals surface area (Å²) in [6.45, 7) is 4.10. The number of nitrogens with one attached hydrogen (secondary N) is 1. The number of amides is 3. The highest BCUT2D eigenvalue weighted by Gasteiger charge is 2.42. The number of nitrogens with zero attached hydrogens (tertiary/aromatic N) is 2. The van der Waals surface area contributed by atoms with E-state index in [2.05, 4.69) is 16.8 Å². The first-order chi connectivity index (χ1) is 14.1. The number of rotatable bonds is 3. The summed E-state index contributed by atoms with van der Waals surface area (Å²) >= 11 is 0. The summed E-state index contributed by atoms with van der Waals surface area (Å²) in [4.78, 5) is 39.1. The van der Waals surface area contributed by atoms with Crippen molar-refractivity contribution in [3.8, 4) is 0 Å². The Morgan fingerprint density at radius 2 is 1.90 bits per heavy atom. The van der Waals surface area contributed by atoms with Crippen LogP contribution in [-0.2, 0) is 20.8 Å². The number of piperidine rings is 1. The topological polar surface area (TPSA) is 69.5 Å². The Bertz CT molecular complexity index is 906. The van der Waals surface area contributed by atoms with Crippen LogP contribution in [0.3, 0.4) is 0 Å². The van der Waals surface area contributed by atoms with Gasteiger partial charge in [-0.15, -0.1) is 0 Å². The van der Waals surface area contributed by atoms with Crippen LogP contribution in [0.15, 0.2) is 24.3 Å². The Hall–Kier alpha value is -2.76. The monoisotopic (exact) mass is 394 g/mol. The Labute approximate surface area is 171 Å². The molecule has 1 N–H and O–H groups in total. The van der Waals surface area contributed by atoms with E-state index in [9.17, 15) is 14.4 Å². The third-order valence-electron chi connectivity index (χ3n) is 6.10. The van der Waals surface area contributed by atoms with Gasteiger partial charge in [-0.1, -0.05) is 19.1 Å². The van der Waals surface area contributed by atoms with Crippen LogP contribution in [0.1, 0.15) is 56.6 Å². The van der Waals surface area contributed by atoms with Gasteiger partial charge in [0, 0.05) is 30.9 Å². The first-order valence-corrected chi connectivity index (χ1v) is 10.7. The second kappa shape index (κ2) is 8.31. The lowest BCUT2D eigenvalue weighted by molar-refractivity contribution is -0.520. The van der Waals surface area contributed by atoms with E-state index in [0.717, 1.165) is 36.3 Å². The molecule has 1 aromatic carbocycles. The first-order valence-electron chi connectivity index (χ1n) is 10.7. The number of benzene rings is 1. The lowest BCUT2D eigenvalue weighted by Crippen LogP contribution is -2.53. The van der Waals surface area contributed by atoms with E-state index >= 15 is 0 Å². The maximum atomic E-state index is 13.5. The van der Waals surface area contributed by atoms with Gasteiger partial charge in [0.25, 0.3) is 5.91 Å². The van der Waals surface area contributed by atoms with Gasteiger partial charge >= 0.3 is 0 Å². The number of anilines is 1. The summed E-state index contributed by atoms with van der Waals surface area (Å²) in [5.74, 6) is -0.813. The van der Waals surface area contributed by atoms with Gasteiger partial charge in [-0.25, -0.2) is 4.58 Å².